The summed E-state index contributed by atoms with van der Waals surface area (Å²) in [6.45, 7) is 7.07. The molecule has 0 saturated carbocycles. The van der Waals surface area contributed by atoms with Crippen LogP contribution in [0.2, 0.25) is 0 Å². The summed E-state index contributed by atoms with van der Waals surface area (Å²) in [6.07, 6.45) is 1.36. The Morgan fingerprint density at radius 1 is 1.33 bits per heavy atom. The van der Waals surface area contributed by atoms with Gasteiger partial charge < -0.3 is 10.2 Å². The van der Waals surface area contributed by atoms with E-state index in [4.69, 9.17) is 0 Å². The number of aryl methyl sites for hydroxylation is 1. The lowest BCUT2D eigenvalue weighted by Crippen LogP contribution is -2.57. The highest BCUT2D eigenvalue weighted by Gasteiger charge is 2.44. The summed E-state index contributed by atoms with van der Waals surface area (Å²) in [5, 5.41) is 3.47. The first-order valence-corrected chi connectivity index (χ1v) is 5.80. The predicted molar refractivity (Wildman–Crippen MR) is 63.3 cm³/mol. The molecule has 0 bridgehead atoms. The van der Waals surface area contributed by atoms with Gasteiger partial charge in [-0.3, -0.25) is 0 Å². The van der Waals surface area contributed by atoms with Crippen molar-refractivity contribution in [2.45, 2.75) is 13.3 Å². The van der Waals surface area contributed by atoms with Gasteiger partial charge in [0.2, 0.25) is 0 Å². The molecule has 2 aliphatic rings. The standard InChI is InChI=1S/C13H18N2/c1-11-3-2-4-12(7-11)15-9-13(10-15)5-6-14-8-13/h2-4,7,14H,5-6,8-10H2,1H3. The van der Waals surface area contributed by atoms with Crippen molar-refractivity contribution in [2.75, 3.05) is 31.1 Å². The topological polar surface area (TPSA) is 15.3 Å². The van der Waals surface area contributed by atoms with Crippen LogP contribution in [0.4, 0.5) is 5.69 Å². The zero-order valence-corrected chi connectivity index (χ0v) is 9.29. The molecular formula is C13H18N2. The summed E-state index contributed by atoms with van der Waals surface area (Å²) in [5.41, 5.74) is 3.36. The van der Waals surface area contributed by atoms with Crippen molar-refractivity contribution >= 4 is 5.69 Å². The normalized spacial score (nSPS) is 23.1. The van der Waals surface area contributed by atoms with Crippen LogP contribution in [0.5, 0.6) is 0 Å². The van der Waals surface area contributed by atoms with Crippen LogP contribution in [-0.2, 0) is 0 Å². The molecule has 1 aromatic rings. The van der Waals surface area contributed by atoms with Crippen LogP contribution >= 0.6 is 0 Å². The summed E-state index contributed by atoms with van der Waals surface area (Å²) >= 11 is 0. The molecule has 0 unspecified atom stereocenters. The molecule has 80 valence electrons. The molecule has 0 amide bonds. The molecule has 1 aromatic carbocycles. The number of anilines is 1. The van der Waals surface area contributed by atoms with Gasteiger partial charge in [-0.15, -0.1) is 0 Å². The van der Waals surface area contributed by atoms with Crippen LogP contribution in [0.15, 0.2) is 24.3 Å². The average molecular weight is 202 g/mol. The predicted octanol–water partition coefficient (Wildman–Crippen LogP) is 1.79. The number of hydrogen-bond acceptors (Lipinski definition) is 2. The first-order chi connectivity index (χ1) is 7.27. The lowest BCUT2D eigenvalue weighted by atomic mass is 9.79. The zero-order chi connectivity index (χ0) is 10.3. The van der Waals surface area contributed by atoms with Crippen LogP contribution in [-0.4, -0.2) is 26.2 Å². The largest absolute Gasteiger partial charge is 0.370 e. The Bertz CT molecular complexity index is 359. The van der Waals surface area contributed by atoms with E-state index in [2.05, 4.69) is 41.4 Å². The van der Waals surface area contributed by atoms with E-state index in [1.165, 1.54) is 43.9 Å². The Kier molecular flexibility index (Phi) is 1.99. The maximum atomic E-state index is 3.47. The second kappa shape index (κ2) is 3.24. The molecule has 3 rings (SSSR count). The molecular weight excluding hydrogens is 184 g/mol. The first kappa shape index (κ1) is 9.22. The maximum Gasteiger partial charge on any atom is 0.0369 e. The van der Waals surface area contributed by atoms with E-state index in [0.29, 0.717) is 5.41 Å². The molecule has 2 heteroatoms. The second-order valence-electron chi connectivity index (χ2n) is 5.12. The Morgan fingerprint density at radius 2 is 2.20 bits per heavy atom. The molecule has 0 radical (unpaired) electrons. The number of nitrogens with zero attached hydrogens (tertiary/aromatic N) is 1. The minimum Gasteiger partial charge on any atom is -0.370 e. The van der Waals surface area contributed by atoms with Crippen molar-refractivity contribution < 1.29 is 0 Å². The van der Waals surface area contributed by atoms with Crippen LogP contribution in [0.25, 0.3) is 0 Å². The molecule has 2 nitrogen and oxygen atoms in total. The summed E-state index contributed by atoms with van der Waals surface area (Å²) < 4.78 is 0. The smallest absolute Gasteiger partial charge is 0.0369 e. The fourth-order valence-electron chi connectivity index (χ4n) is 2.84. The van der Waals surface area contributed by atoms with Crippen LogP contribution in [0.3, 0.4) is 0 Å². The van der Waals surface area contributed by atoms with Crippen molar-refractivity contribution in [1.82, 2.24) is 5.32 Å². The molecule has 1 N–H and O–H groups in total. The molecule has 15 heavy (non-hydrogen) atoms. The van der Waals surface area contributed by atoms with Gasteiger partial charge in [0.05, 0.1) is 0 Å². The third-order valence-electron chi connectivity index (χ3n) is 3.75. The van der Waals surface area contributed by atoms with Gasteiger partial charge in [-0.1, -0.05) is 12.1 Å². The number of rotatable bonds is 1. The minimum absolute atomic E-state index is 0.601. The third-order valence-corrected chi connectivity index (χ3v) is 3.75. The second-order valence-corrected chi connectivity index (χ2v) is 5.12. The minimum atomic E-state index is 0.601. The SMILES string of the molecule is Cc1cccc(N2CC3(CCNC3)C2)c1. The lowest BCUT2D eigenvalue weighted by Gasteiger charge is -2.49. The molecule has 2 heterocycles. The summed E-state index contributed by atoms with van der Waals surface area (Å²) in [6, 6.07) is 8.83. The molecule has 0 aliphatic carbocycles. The van der Waals surface area contributed by atoms with Gasteiger partial charge in [0, 0.05) is 30.7 Å². The van der Waals surface area contributed by atoms with E-state index in [9.17, 15) is 0 Å². The van der Waals surface area contributed by atoms with Gasteiger partial charge in [0.1, 0.15) is 0 Å². The highest BCUT2D eigenvalue weighted by atomic mass is 15.2. The molecule has 2 fully saturated rings. The highest BCUT2D eigenvalue weighted by Crippen LogP contribution is 2.38. The van der Waals surface area contributed by atoms with E-state index < -0.39 is 0 Å². The zero-order valence-electron chi connectivity index (χ0n) is 9.29. The van der Waals surface area contributed by atoms with Gasteiger partial charge in [-0.25, -0.2) is 0 Å². The van der Waals surface area contributed by atoms with Crippen LogP contribution in [0.1, 0.15) is 12.0 Å². The Hall–Kier alpha value is -1.02. The van der Waals surface area contributed by atoms with Gasteiger partial charge in [-0.2, -0.15) is 0 Å². The van der Waals surface area contributed by atoms with E-state index in [1.54, 1.807) is 0 Å². The van der Waals surface area contributed by atoms with Crippen LogP contribution in [0, 0.1) is 12.3 Å². The van der Waals surface area contributed by atoms with E-state index in [1.807, 2.05) is 0 Å². The van der Waals surface area contributed by atoms with Crippen molar-refractivity contribution in [3.8, 4) is 0 Å². The molecule has 2 saturated heterocycles. The van der Waals surface area contributed by atoms with Gasteiger partial charge >= 0.3 is 0 Å². The number of hydrogen-bond donors (Lipinski definition) is 1. The molecule has 0 atom stereocenters. The van der Waals surface area contributed by atoms with Gasteiger partial charge in [0.15, 0.2) is 0 Å². The van der Waals surface area contributed by atoms with Gasteiger partial charge in [0.25, 0.3) is 0 Å². The fourth-order valence-corrected chi connectivity index (χ4v) is 2.84. The number of nitrogens with one attached hydrogen (secondary N) is 1. The Labute approximate surface area is 91.3 Å². The Balaban J connectivity index is 1.72. The molecule has 1 spiro atoms. The first-order valence-electron chi connectivity index (χ1n) is 5.80. The van der Waals surface area contributed by atoms with Crippen LogP contribution < -0.4 is 10.2 Å². The average Bonchev–Trinajstić information content (AvgIpc) is 2.64. The maximum absolute atomic E-state index is 3.47. The fraction of sp³-hybridized carbons (Fsp3) is 0.538. The summed E-state index contributed by atoms with van der Waals surface area (Å²) in [4.78, 5) is 2.50. The molecule has 2 aliphatic heterocycles. The quantitative estimate of drug-likeness (QED) is 0.747. The molecule has 0 aromatic heterocycles. The van der Waals surface area contributed by atoms with Crippen molar-refractivity contribution in [3.63, 3.8) is 0 Å². The highest BCUT2D eigenvalue weighted by molar-refractivity contribution is 5.51. The van der Waals surface area contributed by atoms with Crippen molar-refractivity contribution in [3.05, 3.63) is 29.8 Å². The monoisotopic (exact) mass is 202 g/mol. The van der Waals surface area contributed by atoms with E-state index in [-0.39, 0.29) is 0 Å². The Morgan fingerprint density at radius 3 is 2.87 bits per heavy atom. The van der Waals surface area contributed by atoms with Gasteiger partial charge in [-0.05, 0) is 37.6 Å². The summed E-state index contributed by atoms with van der Waals surface area (Å²) in [7, 11) is 0. The third kappa shape index (κ3) is 1.53. The van der Waals surface area contributed by atoms with Crippen molar-refractivity contribution in [1.29, 1.82) is 0 Å². The van der Waals surface area contributed by atoms with Crippen molar-refractivity contribution in [2.24, 2.45) is 5.41 Å². The summed E-state index contributed by atoms with van der Waals surface area (Å²) in [5.74, 6) is 0. The number of benzene rings is 1. The lowest BCUT2D eigenvalue weighted by molar-refractivity contribution is 0.243. The van der Waals surface area contributed by atoms with E-state index in [0.717, 1.165) is 0 Å². The van der Waals surface area contributed by atoms with E-state index >= 15 is 0 Å².